The van der Waals surface area contributed by atoms with E-state index in [4.69, 9.17) is 10.3 Å². The molecule has 0 aliphatic heterocycles. The summed E-state index contributed by atoms with van der Waals surface area (Å²) in [6, 6.07) is -1.00. The minimum absolute atomic E-state index is 0.0475. The first-order valence-corrected chi connectivity index (χ1v) is 8.40. The quantitative estimate of drug-likeness (QED) is 0.686. The van der Waals surface area contributed by atoms with Crippen molar-refractivity contribution in [2.45, 2.75) is 30.6 Å². The number of carbonyl (C=O) groups is 1. The first-order valence-electron chi connectivity index (χ1n) is 6.85. The van der Waals surface area contributed by atoms with Crippen LogP contribution in [0.15, 0.2) is 23.1 Å². The van der Waals surface area contributed by atoms with Crippen molar-refractivity contribution in [1.29, 1.82) is 0 Å². The van der Waals surface area contributed by atoms with Gasteiger partial charge >= 0.3 is 0 Å². The third kappa shape index (κ3) is 3.68. The molecule has 3 rings (SSSR count). The first kappa shape index (κ1) is 15.5. The van der Waals surface area contributed by atoms with E-state index in [0.29, 0.717) is 18.5 Å². The van der Waals surface area contributed by atoms with Crippen molar-refractivity contribution in [2.24, 2.45) is 5.73 Å². The smallest absolute Gasteiger partial charge is 0.245 e. The van der Waals surface area contributed by atoms with Crippen LogP contribution in [0.3, 0.4) is 0 Å². The minimum atomic E-state index is -3.55. The van der Waals surface area contributed by atoms with E-state index in [1.165, 1.54) is 18.6 Å². The molecule has 1 aliphatic rings. The van der Waals surface area contributed by atoms with Crippen LogP contribution in [0.2, 0.25) is 0 Å². The lowest BCUT2D eigenvalue weighted by atomic mass is 10.2. The normalized spacial score (nSPS) is 16.2. The lowest BCUT2D eigenvalue weighted by Gasteiger charge is -2.13. The highest BCUT2D eigenvalue weighted by Gasteiger charge is 2.38. The van der Waals surface area contributed by atoms with E-state index in [1.807, 2.05) is 0 Å². The topological polar surface area (TPSA) is 154 Å². The third-order valence-electron chi connectivity index (χ3n) is 3.21. The minimum Gasteiger partial charge on any atom is -0.370 e. The number of sulfonamides is 1. The molecule has 2 aromatic rings. The van der Waals surface area contributed by atoms with E-state index in [-0.39, 0.29) is 18.1 Å². The molecule has 1 fully saturated rings. The van der Waals surface area contributed by atoms with Gasteiger partial charge < -0.3 is 10.3 Å². The molecular formula is C12H14N6O4S. The Balaban J connectivity index is 1.85. The summed E-state index contributed by atoms with van der Waals surface area (Å²) in [6.07, 6.45) is 5.28. The second kappa shape index (κ2) is 6.01. The van der Waals surface area contributed by atoms with Gasteiger partial charge in [0, 0.05) is 12.4 Å². The molecule has 0 spiro atoms. The molecule has 0 bridgehead atoms. The van der Waals surface area contributed by atoms with Crippen LogP contribution in [0.25, 0.3) is 11.5 Å². The summed E-state index contributed by atoms with van der Waals surface area (Å²) >= 11 is 0. The summed E-state index contributed by atoms with van der Waals surface area (Å²) < 4.78 is 31.6. The van der Waals surface area contributed by atoms with Gasteiger partial charge in [-0.05, 0) is 12.8 Å². The van der Waals surface area contributed by atoms with Gasteiger partial charge in [-0.2, -0.15) is 4.98 Å². The van der Waals surface area contributed by atoms with Gasteiger partial charge in [-0.3, -0.25) is 9.78 Å². The number of rotatable bonds is 7. The van der Waals surface area contributed by atoms with Crippen molar-refractivity contribution in [1.82, 2.24) is 24.8 Å². The Labute approximate surface area is 131 Å². The summed E-state index contributed by atoms with van der Waals surface area (Å²) in [4.78, 5) is 23.2. The van der Waals surface area contributed by atoms with Crippen LogP contribution < -0.4 is 10.5 Å². The Kier molecular flexibility index (Phi) is 4.05. The molecule has 0 aromatic carbocycles. The van der Waals surface area contributed by atoms with Crippen molar-refractivity contribution in [3.8, 4) is 11.5 Å². The first-order chi connectivity index (χ1) is 11.0. The van der Waals surface area contributed by atoms with Crippen LogP contribution in [0.5, 0.6) is 0 Å². The molecule has 122 valence electrons. The van der Waals surface area contributed by atoms with Crippen LogP contribution in [-0.4, -0.2) is 39.7 Å². The fraction of sp³-hybridized carbons (Fsp3) is 0.417. The fourth-order valence-electron chi connectivity index (χ4n) is 1.95. The predicted molar refractivity (Wildman–Crippen MR) is 77.0 cm³/mol. The zero-order valence-electron chi connectivity index (χ0n) is 11.9. The van der Waals surface area contributed by atoms with Gasteiger partial charge in [-0.15, -0.1) is 0 Å². The number of aromatic nitrogens is 4. The molecular weight excluding hydrogens is 324 g/mol. The molecule has 3 N–H and O–H groups in total. The molecule has 0 radical (unpaired) electrons. The lowest BCUT2D eigenvalue weighted by Crippen LogP contribution is -2.34. The van der Waals surface area contributed by atoms with Crippen molar-refractivity contribution in [3.05, 3.63) is 24.5 Å². The second-order valence-corrected chi connectivity index (χ2v) is 7.12. The average molecular weight is 338 g/mol. The van der Waals surface area contributed by atoms with Gasteiger partial charge in [0.05, 0.1) is 17.9 Å². The third-order valence-corrected chi connectivity index (χ3v) is 5.17. The van der Waals surface area contributed by atoms with E-state index < -0.39 is 27.2 Å². The SMILES string of the molecule is NC(=O)C[C@H](NS(=O)(=O)C1CC1)c1nc(-c2cnccn2)no1. The molecule has 2 aromatic heterocycles. The number of nitrogens with one attached hydrogen (secondary N) is 1. The maximum atomic E-state index is 12.1. The number of nitrogens with two attached hydrogens (primary N) is 1. The van der Waals surface area contributed by atoms with Crippen LogP contribution in [0, 0.1) is 0 Å². The highest BCUT2D eigenvalue weighted by atomic mass is 32.2. The Morgan fingerprint density at radius 2 is 2.22 bits per heavy atom. The molecule has 0 unspecified atom stereocenters. The van der Waals surface area contributed by atoms with Gasteiger partial charge in [-0.25, -0.2) is 18.1 Å². The van der Waals surface area contributed by atoms with Crippen LogP contribution >= 0.6 is 0 Å². The molecule has 0 saturated heterocycles. The van der Waals surface area contributed by atoms with Crippen molar-refractivity contribution in [3.63, 3.8) is 0 Å². The Bertz CT molecular complexity index is 802. The van der Waals surface area contributed by atoms with Gasteiger partial charge in [0.1, 0.15) is 11.7 Å². The molecule has 1 saturated carbocycles. The average Bonchev–Trinajstić information content (AvgIpc) is 3.25. The molecule has 1 atom stereocenters. The monoisotopic (exact) mass is 338 g/mol. The molecule has 11 heteroatoms. The zero-order valence-corrected chi connectivity index (χ0v) is 12.7. The van der Waals surface area contributed by atoms with Gasteiger partial charge in [-0.1, -0.05) is 5.16 Å². The summed E-state index contributed by atoms with van der Waals surface area (Å²) in [5.74, 6) is -0.588. The van der Waals surface area contributed by atoms with E-state index in [0.717, 1.165) is 0 Å². The van der Waals surface area contributed by atoms with Crippen molar-refractivity contribution < 1.29 is 17.7 Å². The van der Waals surface area contributed by atoms with E-state index in [9.17, 15) is 13.2 Å². The molecule has 1 amide bonds. The van der Waals surface area contributed by atoms with Crippen LogP contribution in [-0.2, 0) is 14.8 Å². The summed E-state index contributed by atoms with van der Waals surface area (Å²) in [5, 5.41) is 3.29. The van der Waals surface area contributed by atoms with Crippen LogP contribution in [0.4, 0.5) is 0 Å². The van der Waals surface area contributed by atoms with Gasteiger partial charge in [0.15, 0.2) is 0 Å². The number of carbonyl (C=O) groups excluding carboxylic acids is 1. The van der Waals surface area contributed by atoms with E-state index in [1.54, 1.807) is 0 Å². The highest BCUT2D eigenvalue weighted by Crippen LogP contribution is 2.30. The molecule has 1 aliphatic carbocycles. The molecule has 10 nitrogen and oxygen atoms in total. The number of amides is 1. The number of hydrogen-bond acceptors (Lipinski definition) is 8. The second-order valence-electron chi connectivity index (χ2n) is 5.13. The summed E-state index contributed by atoms with van der Waals surface area (Å²) in [5.41, 5.74) is 5.54. The number of nitrogens with zero attached hydrogens (tertiary/aromatic N) is 4. The summed E-state index contributed by atoms with van der Waals surface area (Å²) in [7, 11) is -3.55. The molecule has 2 heterocycles. The maximum absolute atomic E-state index is 12.1. The number of primary amides is 1. The van der Waals surface area contributed by atoms with E-state index >= 15 is 0 Å². The van der Waals surface area contributed by atoms with Gasteiger partial charge in [0.2, 0.25) is 27.6 Å². The predicted octanol–water partition coefficient (Wildman–Crippen LogP) is -0.475. The molecule has 23 heavy (non-hydrogen) atoms. The standard InChI is InChI=1S/C12H14N6O4S/c13-10(19)5-8(18-23(20,21)7-1-2-7)12-16-11(17-22-12)9-6-14-3-4-15-9/h3-4,6-8,18H,1-2,5H2,(H2,13,19)/t8-/m0/s1. The number of hydrogen-bond donors (Lipinski definition) is 2. The Hall–Kier alpha value is -2.40. The van der Waals surface area contributed by atoms with Crippen molar-refractivity contribution in [2.75, 3.05) is 0 Å². The highest BCUT2D eigenvalue weighted by molar-refractivity contribution is 7.90. The summed E-state index contributed by atoms with van der Waals surface area (Å²) in [6.45, 7) is 0. The largest absolute Gasteiger partial charge is 0.370 e. The lowest BCUT2D eigenvalue weighted by molar-refractivity contribution is -0.118. The van der Waals surface area contributed by atoms with Crippen molar-refractivity contribution >= 4 is 15.9 Å². The zero-order chi connectivity index (χ0) is 16.4. The maximum Gasteiger partial charge on any atom is 0.245 e. The fourth-order valence-corrected chi connectivity index (χ4v) is 3.48. The van der Waals surface area contributed by atoms with E-state index in [2.05, 4.69) is 24.8 Å². The Morgan fingerprint density at radius 3 is 2.83 bits per heavy atom. The Morgan fingerprint density at radius 1 is 1.43 bits per heavy atom. The van der Waals surface area contributed by atoms with Gasteiger partial charge in [0.25, 0.3) is 0 Å². The van der Waals surface area contributed by atoms with Crippen LogP contribution in [0.1, 0.15) is 31.2 Å².